The monoisotopic (exact) mass is 613 g/mol. The van der Waals surface area contributed by atoms with Crippen LogP contribution in [0.2, 0.25) is 0 Å². The van der Waals surface area contributed by atoms with Gasteiger partial charge in [-0.3, -0.25) is 9.59 Å². The fourth-order valence-electron chi connectivity index (χ4n) is 5.26. The van der Waals surface area contributed by atoms with E-state index in [0.717, 1.165) is 22.3 Å². The van der Waals surface area contributed by atoms with Crippen molar-refractivity contribution >= 4 is 11.9 Å². The van der Waals surface area contributed by atoms with E-state index in [9.17, 15) is 14.7 Å². The largest absolute Gasteiger partial charge is 0.461 e. The molecule has 0 aromatic heterocycles. The van der Waals surface area contributed by atoms with Crippen molar-refractivity contribution in [1.29, 1.82) is 0 Å². The topological polar surface area (TPSA) is 103 Å². The van der Waals surface area contributed by atoms with Gasteiger partial charge in [0.25, 0.3) is 0 Å². The summed E-state index contributed by atoms with van der Waals surface area (Å²) in [7, 11) is 3.20. The molecular weight excluding hydrogens is 570 g/mol. The maximum Gasteiger partial charge on any atom is 0.306 e. The SMILES string of the molecule is COC1(OC)C=CC(C(OCC(C)(CO)C(=O)NCCCC(=O)OCc2ccccc2)(c2ccccc2)c2ccccc2)=CC1. The first kappa shape index (κ1) is 33.8. The highest BCUT2D eigenvalue weighted by Gasteiger charge is 2.44. The quantitative estimate of drug-likeness (QED) is 0.126. The summed E-state index contributed by atoms with van der Waals surface area (Å²) in [5.74, 6) is -1.60. The molecule has 238 valence electrons. The standard InChI is InChI=1S/C37H43NO7/c1-35(27-39,34(41)38-25-13-20-33(40)44-26-29-14-7-4-8-15-29)28-45-37(30-16-9-5-10-17-30,31-18-11-6-12-19-31)32-21-23-36(42-2,43-3)24-22-32/h4-12,14-19,21-23,39H,13,20,24-28H2,1-3H3,(H,38,41). The first-order valence-electron chi connectivity index (χ1n) is 15.1. The third-order valence-electron chi connectivity index (χ3n) is 8.17. The molecule has 0 heterocycles. The fraction of sp³-hybridized carbons (Fsp3) is 0.351. The van der Waals surface area contributed by atoms with Gasteiger partial charge in [0, 0.05) is 33.6 Å². The van der Waals surface area contributed by atoms with Gasteiger partial charge in [0.2, 0.25) is 5.91 Å². The lowest BCUT2D eigenvalue weighted by Gasteiger charge is -2.41. The lowest BCUT2D eigenvalue weighted by Crippen LogP contribution is -2.47. The Morgan fingerprint density at radius 2 is 1.47 bits per heavy atom. The summed E-state index contributed by atoms with van der Waals surface area (Å²) in [6, 6.07) is 29.1. The maximum atomic E-state index is 13.5. The van der Waals surface area contributed by atoms with Gasteiger partial charge in [-0.1, -0.05) is 103 Å². The number of aliphatic hydroxyl groups is 1. The molecule has 3 aromatic rings. The summed E-state index contributed by atoms with van der Waals surface area (Å²) >= 11 is 0. The van der Waals surface area contributed by atoms with Crippen LogP contribution in [0.4, 0.5) is 0 Å². The van der Waals surface area contributed by atoms with Gasteiger partial charge < -0.3 is 29.4 Å². The number of benzene rings is 3. The van der Waals surface area contributed by atoms with Crippen LogP contribution in [-0.4, -0.2) is 56.7 Å². The van der Waals surface area contributed by atoms with Gasteiger partial charge in [-0.15, -0.1) is 0 Å². The van der Waals surface area contributed by atoms with E-state index in [1.54, 1.807) is 21.1 Å². The summed E-state index contributed by atoms with van der Waals surface area (Å²) < 4.78 is 23.5. The van der Waals surface area contributed by atoms with Crippen LogP contribution in [0.5, 0.6) is 0 Å². The summed E-state index contributed by atoms with van der Waals surface area (Å²) in [5, 5.41) is 13.4. The predicted molar refractivity (Wildman–Crippen MR) is 172 cm³/mol. The first-order valence-corrected chi connectivity index (χ1v) is 15.1. The highest BCUT2D eigenvalue weighted by molar-refractivity contribution is 5.82. The lowest BCUT2D eigenvalue weighted by molar-refractivity contribution is -0.168. The Kier molecular flexibility index (Phi) is 11.8. The summed E-state index contributed by atoms with van der Waals surface area (Å²) in [6.45, 7) is 1.59. The molecule has 45 heavy (non-hydrogen) atoms. The minimum Gasteiger partial charge on any atom is -0.461 e. The number of rotatable bonds is 16. The van der Waals surface area contributed by atoms with Gasteiger partial charge in [0.1, 0.15) is 12.2 Å². The molecule has 1 aliphatic carbocycles. The molecule has 2 N–H and O–H groups in total. The van der Waals surface area contributed by atoms with Crippen LogP contribution in [0.1, 0.15) is 42.9 Å². The number of ether oxygens (including phenoxy) is 4. The smallest absolute Gasteiger partial charge is 0.306 e. The van der Waals surface area contributed by atoms with E-state index in [1.165, 1.54) is 0 Å². The molecule has 8 nitrogen and oxygen atoms in total. The third-order valence-corrected chi connectivity index (χ3v) is 8.17. The summed E-state index contributed by atoms with van der Waals surface area (Å²) in [6.07, 6.45) is 6.84. The predicted octanol–water partition coefficient (Wildman–Crippen LogP) is 5.46. The van der Waals surface area contributed by atoms with Crippen molar-refractivity contribution in [3.05, 3.63) is 131 Å². The highest BCUT2D eigenvalue weighted by atomic mass is 16.7. The second-order valence-electron chi connectivity index (χ2n) is 11.3. The first-order chi connectivity index (χ1) is 21.8. The number of carbonyl (C=O) groups excluding carboxylic acids is 2. The van der Waals surface area contributed by atoms with Crippen LogP contribution >= 0.6 is 0 Å². The number of esters is 1. The maximum absolute atomic E-state index is 13.5. The van der Waals surface area contributed by atoms with E-state index >= 15 is 0 Å². The van der Waals surface area contributed by atoms with Crippen LogP contribution in [0.3, 0.4) is 0 Å². The molecule has 0 saturated heterocycles. The molecule has 1 aliphatic rings. The fourth-order valence-corrected chi connectivity index (χ4v) is 5.26. The number of nitrogens with one attached hydrogen (secondary N) is 1. The Hall–Kier alpha value is -4.08. The van der Waals surface area contributed by atoms with Crippen molar-refractivity contribution in [2.75, 3.05) is 34.0 Å². The average Bonchev–Trinajstić information content (AvgIpc) is 3.11. The van der Waals surface area contributed by atoms with Gasteiger partial charge in [-0.05, 0) is 41.7 Å². The Bertz CT molecular complexity index is 1400. The van der Waals surface area contributed by atoms with E-state index in [0.29, 0.717) is 12.8 Å². The number of hydrogen-bond acceptors (Lipinski definition) is 7. The molecule has 0 bridgehead atoms. The third kappa shape index (κ3) is 8.15. The van der Waals surface area contributed by atoms with Crippen molar-refractivity contribution in [2.24, 2.45) is 5.41 Å². The molecule has 1 amide bonds. The average molecular weight is 614 g/mol. The molecule has 1 atom stereocenters. The van der Waals surface area contributed by atoms with Crippen molar-refractivity contribution in [3.63, 3.8) is 0 Å². The number of hydrogen-bond donors (Lipinski definition) is 2. The normalized spacial score (nSPS) is 15.5. The van der Waals surface area contributed by atoms with Gasteiger partial charge in [-0.25, -0.2) is 0 Å². The zero-order chi connectivity index (χ0) is 32.2. The zero-order valence-corrected chi connectivity index (χ0v) is 26.2. The van der Waals surface area contributed by atoms with Crippen LogP contribution in [0, 0.1) is 5.41 Å². The molecule has 0 saturated carbocycles. The minimum absolute atomic E-state index is 0.0941. The molecular formula is C37H43NO7. The van der Waals surface area contributed by atoms with Crippen molar-refractivity contribution in [1.82, 2.24) is 5.32 Å². The van der Waals surface area contributed by atoms with Crippen molar-refractivity contribution < 1.29 is 33.6 Å². The summed E-state index contributed by atoms with van der Waals surface area (Å²) in [5.41, 5.74) is 1.11. The highest BCUT2D eigenvalue weighted by Crippen LogP contribution is 2.45. The zero-order valence-electron chi connectivity index (χ0n) is 26.2. The van der Waals surface area contributed by atoms with Gasteiger partial charge in [0.05, 0.1) is 18.6 Å². The van der Waals surface area contributed by atoms with E-state index < -0.39 is 23.4 Å². The molecule has 3 aromatic carbocycles. The molecule has 1 unspecified atom stereocenters. The molecule has 0 spiro atoms. The van der Waals surface area contributed by atoms with Crippen LogP contribution in [0.15, 0.2) is 115 Å². The second-order valence-corrected chi connectivity index (χ2v) is 11.3. The number of methoxy groups -OCH3 is 2. The Balaban J connectivity index is 1.50. The lowest BCUT2D eigenvalue weighted by atomic mass is 9.77. The van der Waals surface area contributed by atoms with Crippen LogP contribution in [0.25, 0.3) is 0 Å². The van der Waals surface area contributed by atoms with Crippen molar-refractivity contribution in [3.8, 4) is 0 Å². The molecule has 0 aliphatic heterocycles. The molecule has 4 rings (SSSR count). The van der Waals surface area contributed by atoms with Gasteiger partial charge in [-0.2, -0.15) is 0 Å². The second kappa shape index (κ2) is 15.8. The van der Waals surface area contributed by atoms with Gasteiger partial charge >= 0.3 is 5.97 Å². The minimum atomic E-state index is -1.27. The number of aliphatic hydroxyl groups excluding tert-OH is 1. The van der Waals surface area contributed by atoms with E-state index in [-0.39, 0.29) is 38.1 Å². The number of carbonyl (C=O) groups is 2. The summed E-state index contributed by atoms with van der Waals surface area (Å²) in [4.78, 5) is 25.7. The molecule has 0 radical (unpaired) electrons. The molecule has 0 fully saturated rings. The number of amides is 1. The Morgan fingerprint density at radius 3 is 1.98 bits per heavy atom. The van der Waals surface area contributed by atoms with E-state index in [2.05, 4.69) is 5.32 Å². The van der Waals surface area contributed by atoms with E-state index in [1.807, 2.05) is 109 Å². The van der Waals surface area contributed by atoms with Crippen LogP contribution < -0.4 is 5.32 Å². The Morgan fingerprint density at radius 1 is 0.889 bits per heavy atom. The van der Waals surface area contributed by atoms with Crippen molar-refractivity contribution in [2.45, 2.75) is 44.2 Å². The Labute approximate surface area is 265 Å². The van der Waals surface area contributed by atoms with Gasteiger partial charge in [0.15, 0.2) is 5.79 Å². The molecule has 8 heteroatoms. The van der Waals surface area contributed by atoms with E-state index in [4.69, 9.17) is 18.9 Å². The van der Waals surface area contributed by atoms with Crippen LogP contribution in [-0.2, 0) is 40.7 Å².